The summed E-state index contributed by atoms with van der Waals surface area (Å²) in [6.45, 7) is 0. The van der Waals surface area contributed by atoms with Crippen molar-refractivity contribution in [3.63, 3.8) is 0 Å². The maximum absolute atomic E-state index is 12.0. The first-order chi connectivity index (χ1) is 10.8. The number of benzene rings is 1. The average molecular weight is 320 g/mol. The third-order valence-electron chi connectivity index (χ3n) is 2.72. The minimum absolute atomic E-state index is 0.0531. The van der Waals surface area contributed by atoms with E-state index in [2.05, 4.69) is 25.9 Å². The quantitative estimate of drug-likeness (QED) is 0.724. The Kier molecular flexibility index (Phi) is 1.93. The predicted octanol–water partition coefficient (Wildman–Crippen LogP) is 2.93. The summed E-state index contributed by atoms with van der Waals surface area (Å²) in [6, 6.07) is 3.92. The lowest BCUT2D eigenvalue weighted by atomic mass is 10.0. The van der Waals surface area contributed by atoms with Crippen LogP contribution in [0.5, 0.6) is 0 Å². The molecule has 0 unspecified atom stereocenters. The number of nitrogens with zero attached hydrogens (tertiary/aromatic N) is 1. The number of pyridine rings is 2. The molecule has 94 valence electrons. The lowest BCUT2D eigenvalue weighted by Crippen LogP contribution is -2.13. The van der Waals surface area contributed by atoms with E-state index in [1.807, 2.05) is 0 Å². The first kappa shape index (κ1) is 8.12. The Morgan fingerprint density at radius 3 is 3.05 bits per heavy atom. The van der Waals surface area contributed by atoms with Crippen LogP contribution in [0.4, 0.5) is 5.69 Å². The van der Waals surface area contributed by atoms with Crippen molar-refractivity contribution >= 4 is 32.5 Å². The number of hydrogen-bond donors (Lipinski definition) is 2. The number of nitrogens with one attached hydrogen (secondary N) is 1. The fourth-order valence-electron chi connectivity index (χ4n) is 1.88. The highest BCUT2D eigenvalue weighted by Crippen LogP contribution is 2.30. The van der Waals surface area contributed by atoms with Gasteiger partial charge in [0.05, 0.1) is 11.2 Å². The highest BCUT2D eigenvalue weighted by molar-refractivity contribution is 9.10. The van der Waals surface area contributed by atoms with Gasteiger partial charge in [0, 0.05) is 27.1 Å². The van der Waals surface area contributed by atoms with Gasteiger partial charge in [-0.1, -0.05) is 22.0 Å². The number of hydrogen-bond acceptors (Lipinski definition) is 3. The van der Waals surface area contributed by atoms with Crippen molar-refractivity contribution in [3.05, 3.63) is 57.3 Å². The molecule has 0 saturated carbocycles. The van der Waals surface area contributed by atoms with Gasteiger partial charge in [-0.15, -0.1) is 0 Å². The van der Waals surface area contributed by atoms with Crippen molar-refractivity contribution in [3.8, 4) is 11.3 Å². The van der Waals surface area contributed by atoms with Crippen molar-refractivity contribution in [2.24, 2.45) is 0 Å². The molecule has 0 aliphatic carbocycles. The summed E-state index contributed by atoms with van der Waals surface area (Å²) >= 11 is 3.34. The topological polar surface area (TPSA) is 71.8 Å². The number of nitrogens with two attached hydrogens (primary N) is 1. The second kappa shape index (κ2) is 4.51. The summed E-state index contributed by atoms with van der Waals surface area (Å²) < 4.78 is 31.8. The number of fused-ring (bicyclic) bond motifs is 1. The highest BCUT2D eigenvalue weighted by Gasteiger charge is 2.13. The molecule has 0 aliphatic rings. The summed E-state index contributed by atoms with van der Waals surface area (Å²) in [5, 5.41) is 0.536. The molecule has 2 heterocycles. The molecule has 3 aromatic rings. The van der Waals surface area contributed by atoms with E-state index in [4.69, 9.17) is 11.2 Å². The molecule has 0 atom stereocenters. The third kappa shape index (κ3) is 2.02. The van der Waals surface area contributed by atoms with Crippen molar-refractivity contribution in [1.29, 1.82) is 0 Å². The lowest BCUT2D eigenvalue weighted by Gasteiger charge is -2.09. The zero-order valence-corrected chi connectivity index (χ0v) is 11.1. The lowest BCUT2D eigenvalue weighted by molar-refractivity contribution is 1.28. The van der Waals surface area contributed by atoms with E-state index >= 15 is 0 Å². The zero-order valence-electron chi connectivity index (χ0n) is 13.5. The molecule has 0 spiro atoms. The molecule has 0 amide bonds. The van der Waals surface area contributed by atoms with Crippen LogP contribution in [0.2, 0.25) is 0 Å². The van der Waals surface area contributed by atoms with E-state index in [0.29, 0.717) is 10.9 Å². The maximum Gasteiger partial charge on any atom is 0.272 e. The van der Waals surface area contributed by atoms with Crippen molar-refractivity contribution in [1.82, 2.24) is 9.97 Å². The summed E-state index contributed by atoms with van der Waals surface area (Å²) in [4.78, 5) is 18.6. The third-order valence-corrected chi connectivity index (χ3v) is 3.21. The molecule has 0 bridgehead atoms. The molecule has 3 N–H and O–H groups in total. The van der Waals surface area contributed by atoms with Gasteiger partial charge in [-0.3, -0.25) is 9.78 Å². The Labute approximate surface area is 123 Å². The van der Waals surface area contributed by atoms with Crippen LogP contribution in [-0.4, -0.2) is 9.97 Å². The van der Waals surface area contributed by atoms with Gasteiger partial charge in [0.25, 0.3) is 5.56 Å². The van der Waals surface area contributed by atoms with Crippen molar-refractivity contribution < 1.29 is 5.48 Å². The van der Waals surface area contributed by atoms with Gasteiger partial charge < -0.3 is 10.7 Å². The number of aromatic amines is 1. The molecule has 0 radical (unpaired) electrons. The fourth-order valence-corrected chi connectivity index (χ4v) is 2.25. The number of rotatable bonds is 1. The summed E-state index contributed by atoms with van der Waals surface area (Å²) in [5.41, 5.74) is 5.84. The number of aromatic nitrogens is 2. The molecule has 5 heteroatoms. The van der Waals surface area contributed by atoms with Gasteiger partial charge in [-0.25, -0.2) is 0 Å². The molecular formula is C14H10BrN3O. The smallest absolute Gasteiger partial charge is 0.272 e. The largest absolute Gasteiger partial charge is 0.394 e. The molecule has 0 saturated heterocycles. The van der Waals surface area contributed by atoms with E-state index in [1.165, 1.54) is 0 Å². The molecule has 19 heavy (non-hydrogen) atoms. The fraction of sp³-hybridized carbons (Fsp3) is 0. The molecule has 1 aromatic carbocycles. The number of nitrogen functional groups attached to an aromatic ring is 1. The van der Waals surface area contributed by atoms with Crippen LogP contribution < -0.4 is 11.3 Å². The standard InChI is InChI=1S/C14H10BrN3O/c15-8-4-5-10-9(7-8)12(13(16)14(19)18-10)11-3-1-2-6-17-11/h1-7H,16H2,(H,18,19)/i1D,2D,3D,6D. The number of halogens is 1. The van der Waals surface area contributed by atoms with Gasteiger partial charge in [0.2, 0.25) is 0 Å². The highest BCUT2D eigenvalue weighted by atomic mass is 79.9. The first-order valence-corrected chi connectivity index (χ1v) is 6.16. The maximum atomic E-state index is 12.0. The number of anilines is 1. The Morgan fingerprint density at radius 2 is 2.21 bits per heavy atom. The van der Waals surface area contributed by atoms with Crippen LogP contribution in [0.25, 0.3) is 22.2 Å². The average Bonchev–Trinajstić information content (AvgIpc) is 2.51. The van der Waals surface area contributed by atoms with E-state index in [-0.39, 0.29) is 23.0 Å². The van der Waals surface area contributed by atoms with Crippen molar-refractivity contribution in [2.45, 2.75) is 0 Å². The van der Waals surface area contributed by atoms with Gasteiger partial charge in [0.1, 0.15) is 5.69 Å². The Hall–Kier alpha value is -2.14. The van der Waals surface area contributed by atoms with Crippen LogP contribution in [0.1, 0.15) is 5.48 Å². The second-order valence-corrected chi connectivity index (χ2v) is 4.80. The Bertz CT molecular complexity index is 1020. The SMILES string of the molecule is [2H]c1nc(-c2c(N)c(=O)[nH]c3ccc(Br)cc23)c([2H])c([2H])c1[2H]. The molecule has 0 aliphatic heterocycles. The minimum Gasteiger partial charge on any atom is -0.394 e. The summed E-state index contributed by atoms with van der Waals surface area (Å²) in [6.07, 6.45) is -0.441. The second-order valence-electron chi connectivity index (χ2n) is 3.88. The van der Waals surface area contributed by atoms with E-state index in [9.17, 15) is 4.79 Å². The molecule has 2 aromatic heterocycles. The van der Waals surface area contributed by atoms with E-state index < -0.39 is 23.8 Å². The van der Waals surface area contributed by atoms with Gasteiger partial charge in [-0.2, -0.15) is 0 Å². The zero-order chi connectivity index (χ0) is 16.9. The van der Waals surface area contributed by atoms with E-state index in [0.717, 1.165) is 4.47 Å². The molecule has 0 fully saturated rings. The van der Waals surface area contributed by atoms with Crippen molar-refractivity contribution in [2.75, 3.05) is 5.73 Å². The monoisotopic (exact) mass is 319 g/mol. The van der Waals surface area contributed by atoms with Crippen LogP contribution in [-0.2, 0) is 0 Å². The van der Waals surface area contributed by atoms with Crippen LogP contribution >= 0.6 is 15.9 Å². The predicted molar refractivity (Wildman–Crippen MR) is 79.9 cm³/mol. The van der Waals surface area contributed by atoms with Crippen LogP contribution in [0, 0.1) is 0 Å². The summed E-state index contributed by atoms with van der Waals surface area (Å²) in [5.74, 6) is 0. The van der Waals surface area contributed by atoms with Gasteiger partial charge >= 0.3 is 0 Å². The Balaban J connectivity index is 2.52. The molecular weight excluding hydrogens is 306 g/mol. The van der Waals surface area contributed by atoms with Crippen LogP contribution in [0.15, 0.2) is 51.8 Å². The van der Waals surface area contributed by atoms with Gasteiger partial charge in [-0.05, 0) is 30.3 Å². The van der Waals surface area contributed by atoms with Crippen LogP contribution in [0.3, 0.4) is 0 Å². The van der Waals surface area contributed by atoms with Gasteiger partial charge in [0.15, 0.2) is 0 Å². The minimum atomic E-state index is -0.538. The molecule has 3 rings (SSSR count). The molecule has 4 nitrogen and oxygen atoms in total. The van der Waals surface area contributed by atoms with E-state index in [1.54, 1.807) is 18.2 Å². The first-order valence-electron chi connectivity index (χ1n) is 7.37. The number of H-pyrrole nitrogens is 1. The Morgan fingerprint density at radius 1 is 1.37 bits per heavy atom. The normalized spacial score (nSPS) is 13.7. The summed E-state index contributed by atoms with van der Waals surface area (Å²) in [7, 11) is 0.